The van der Waals surface area contributed by atoms with Crippen molar-refractivity contribution in [3.05, 3.63) is 99.6 Å². The zero-order chi connectivity index (χ0) is 26.5. The summed E-state index contributed by atoms with van der Waals surface area (Å²) < 4.78 is 5.64. The Morgan fingerprint density at radius 1 is 1.05 bits per heavy atom. The molecular weight excluding hydrogens is 480 g/mol. The number of para-hydroxylation sites is 1. The standard InChI is InChI=1S/C26H20N4O7/c1-16-5-4-7-18(13-16)27-23(31)15-37-22-8-3-2-6-17(22)14-21-24(32)28-26(34)29(25(21)33)19-9-11-20(12-10-19)30(35)36/h2-14H,15H2,1H3,(H,27,31)(H,28,32,34). The van der Waals surface area contributed by atoms with Crippen molar-refractivity contribution in [1.82, 2.24) is 5.32 Å². The molecule has 0 aliphatic carbocycles. The number of aryl methyl sites for hydroxylation is 1. The van der Waals surface area contributed by atoms with Gasteiger partial charge in [-0.25, -0.2) is 9.69 Å². The van der Waals surface area contributed by atoms with Crippen molar-refractivity contribution in [3.63, 3.8) is 0 Å². The minimum atomic E-state index is -0.988. The third-order valence-corrected chi connectivity index (χ3v) is 5.30. The molecule has 3 aromatic rings. The van der Waals surface area contributed by atoms with Crippen LogP contribution < -0.4 is 20.3 Å². The first-order valence-corrected chi connectivity index (χ1v) is 11.0. The second-order valence-electron chi connectivity index (χ2n) is 7.98. The number of anilines is 2. The molecule has 0 radical (unpaired) electrons. The number of hydrogen-bond donors (Lipinski definition) is 2. The number of nitro groups is 1. The lowest BCUT2D eigenvalue weighted by atomic mass is 10.1. The number of nitrogens with one attached hydrogen (secondary N) is 2. The molecule has 1 aliphatic heterocycles. The Bertz CT molecular complexity index is 1450. The Hall–Kier alpha value is -5.32. The lowest BCUT2D eigenvalue weighted by Crippen LogP contribution is -2.54. The van der Waals surface area contributed by atoms with Crippen LogP contribution in [-0.2, 0) is 14.4 Å². The molecule has 1 heterocycles. The van der Waals surface area contributed by atoms with E-state index < -0.39 is 28.7 Å². The molecule has 186 valence electrons. The van der Waals surface area contributed by atoms with Crippen molar-refractivity contribution >= 4 is 46.9 Å². The summed E-state index contributed by atoms with van der Waals surface area (Å²) in [5.74, 6) is -2.02. The van der Waals surface area contributed by atoms with E-state index in [0.717, 1.165) is 17.7 Å². The predicted octanol–water partition coefficient (Wildman–Crippen LogP) is 3.59. The highest BCUT2D eigenvalue weighted by Crippen LogP contribution is 2.26. The van der Waals surface area contributed by atoms with E-state index in [0.29, 0.717) is 16.2 Å². The van der Waals surface area contributed by atoms with E-state index in [1.54, 1.807) is 30.3 Å². The van der Waals surface area contributed by atoms with Gasteiger partial charge in [-0.2, -0.15) is 0 Å². The van der Waals surface area contributed by atoms with Crippen LogP contribution in [0.4, 0.5) is 21.9 Å². The average Bonchev–Trinajstić information content (AvgIpc) is 2.86. The molecule has 0 atom stereocenters. The molecule has 11 heteroatoms. The summed E-state index contributed by atoms with van der Waals surface area (Å²) in [5, 5.41) is 15.7. The summed E-state index contributed by atoms with van der Waals surface area (Å²) in [7, 11) is 0. The fraction of sp³-hybridized carbons (Fsp3) is 0.0769. The number of nitrogens with zero attached hydrogens (tertiary/aromatic N) is 2. The van der Waals surface area contributed by atoms with Gasteiger partial charge in [-0.05, 0) is 48.9 Å². The number of ether oxygens (including phenoxy) is 1. The van der Waals surface area contributed by atoms with Crippen LogP contribution in [0.5, 0.6) is 5.75 Å². The molecule has 37 heavy (non-hydrogen) atoms. The van der Waals surface area contributed by atoms with Crippen molar-refractivity contribution in [2.24, 2.45) is 0 Å². The summed E-state index contributed by atoms with van der Waals surface area (Å²) in [6.07, 6.45) is 1.25. The number of carbonyl (C=O) groups is 4. The van der Waals surface area contributed by atoms with Crippen LogP contribution in [0, 0.1) is 17.0 Å². The quantitative estimate of drug-likeness (QED) is 0.218. The molecular formula is C26H20N4O7. The topological polar surface area (TPSA) is 148 Å². The highest BCUT2D eigenvalue weighted by atomic mass is 16.6. The molecule has 0 spiro atoms. The van der Waals surface area contributed by atoms with E-state index in [-0.39, 0.29) is 29.3 Å². The molecule has 3 aromatic carbocycles. The lowest BCUT2D eigenvalue weighted by molar-refractivity contribution is -0.384. The monoisotopic (exact) mass is 500 g/mol. The molecule has 2 N–H and O–H groups in total. The summed E-state index contributed by atoms with van der Waals surface area (Å²) in [6.45, 7) is 1.57. The van der Waals surface area contributed by atoms with Gasteiger partial charge in [0, 0.05) is 23.4 Å². The number of nitro benzene ring substituents is 1. The highest BCUT2D eigenvalue weighted by Gasteiger charge is 2.37. The SMILES string of the molecule is Cc1cccc(NC(=O)COc2ccccc2C=C2C(=O)NC(=O)N(c3ccc([N+](=O)[O-])cc3)C2=O)c1. The Morgan fingerprint density at radius 2 is 1.78 bits per heavy atom. The fourth-order valence-electron chi connectivity index (χ4n) is 3.57. The third-order valence-electron chi connectivity index (χ3n) is 5.30. The Labute approximate surface area is 210 Å². The van der Waals surface area contributed by atoms with Crippen molar-refractivity contribution in [1.29, 1.82) is 0 Å². The van der Waals surface area contributed by atoms with Gasteiger partial charge in [-0.15, -0.1) is 0 Å². The number of hydrogen-bond acceptors (Lipinski definition) is 7. The molecule has 0 aromatic heterocycles. The van der Waals surface area contributed by atoms with Crippen LogP contribution in [0.15, 0.2) is 78.4 Å². The van der Waals surface area contributed by atoms with Gasteiger partial charge in [0.25, 0.3) is 23.4 Å². The molecule has 4 rings (SSSR count). The lowest BCUT2D eigenvalue weighted by Gasteiger charge is -2.26. The first kappa shape index (κ1) is 24.8. The van der Waals surface area contributed by atoms with Gasteiger partial charge < -0.3 is 10.1 Å². The van der Waals surface area contributed by atoms with Gasteiger partial charge in [0.1, 0.15) is 11.3 Å². The van der Waals surface area contributed by atoms with Crippen LogP contribution in [-0.4, -0.2) is 35.3 Å². The molecule has 0 unspecified atom stereocenters. The van der Waals surface area contributed by atoms with Crippen molar-refractivity contribution < 1.29 is 28.8 Å². The first-order chi connectivity index (χ1) is 17.7. The summed E-state index contributed by atoms with van der Waals surface area (Å²) >= 11 is 0. The first-order valence-electron chi connectivity index (χ1n) is 11.0. The molecule has 1 saturated heterocycles. The predicted molar refractivity (Wildman–Crippen MR) is 134 cm³/mol. The number of carbonyl (C=O) groups excluding carboxylic acids is 4. The van der Waals surface area contributed by atoms with Gasteiger partial charge in [-0.1, -0.05) is 30.3 Å². The number of non-ortho nitro benzene ring substituents is 1. The van der Waals surface area contributed by atoms with E-state index in [2.05, 4.69) is 10.6 Å². The highest BCUT2D eigenvalue weighted by molar-refractivity contribution is 6.39. The maximum atomic E-state index is 13.1. The van der Waals surface area contributed by atoms with Crippen LogP contribution in [0.2, 0.25) is 0 Å². The van der Waals surface area contributed by atoms with Gasteiger partial charge in [0.05, 0.1) is 10.6 Å². The average molecular weight is 500 g/mol. The number of urea groups is 1. The third kappa shape index (κ3) is 5.68. The second-order valence-corrected chi connectivity index (χ2v) is 7.98. The van der Waals surface area contributed by atoms with Crippen LogP contribution >= 0.6 is 0 Å². The van der Waals surface area contributed by atoms with Gasteiger partial charge in [-0.3, -0.25) is 29.8 Å². The minimum Gasteiger partial charge on any atom is -0.483 e. The smallest absolute Gasteiger partial charge is 0.335 e. The van der Waals surface area contributed by atoms with E-state index in [4.69, 9.17) is 4.74 Å². The van der Waals surface area contributed by atoms with Crippen LogP contribution in [0.25, 0.3) is 6.08 Å². The molecule has 0 bridgehead atoms. The van der Waals surface area contributed by atoms with Crippen LogP contribution in [0.1, 0.15) is 11.1 Å². The van der Waals surface area contributed by atoms with E-state index >= 15 is 0 Å². The minimum absolute atomic E-state index is 0.0452. The number of benzene rings is 3. The number of imide groups is 2. The van der Waals surface area contributed by atoms with E-state index in [9.17, 15) is 29.3 Å². The Morgan fingerprint density at radius 3 is 2.49 bits per heavy atom. The maximum Gasteiger partial charge on any atom is 0.335 e. The van der Waals surface area contributed by atoms with E-state index in [1.807, 2.05) is 25.1 Å². The number of rotatable bonds is 7. The van der Waals surface area contributed by atoms with Gasteiger partial charge >= 0.3 is 6.03 Å². The van der Waals surface area contributed by atoms with Gasteiger partial charge in [0.2, 0.25) is 0 Å². The molecule has 5 amide bonds. The normalized spacial score (nSPS) is 14.4. The zero-order valence-corrected chi connectivity index (χ0v) is 19.5. The number of amides is 5. The zero-order valence-electron chi connectivity index (χ0n) is 19.5. The summed E-state index contributed by atoms with van der Waals surface area (Å²) in [5.41, 5.74) is 1.37. The van der Waals surface area contributed by atoms with Gasteiger partial charge in [0.15, 0.2) is 6.61 Å². The molecule has 1 aliphatic rings. The van der Waals surface area contributed by atoms with Crippen molar-refractivity contribution in [2.75, 3.05) is 16.8 Å². The molecule has 1 fully saturated rings. The number of barbiturate groups is 1. The molecule has 11 nitrogen and oxygen atoms in total. The second kappa shape index (κ2) is 10.5. The van der Waals surface area contributed by atoms with Crippen molar-refractivity contribution in [3.8, 4) is 5.75 Å². The summed E-state index contributed by atoms with van der Waals surface area (Å²) in [6, 6.07) is 17.5. The Kier molecular flexibility index (Phi) is 7.05. The van der Waals surface area contributed by atoms with Crippen LogP contribution in [0.3, 0.4) is 0 Å². The largest absolute Gasteiger partial charge is 0.483 e. The summed E-state index contributed by atoms with van der Waals surface area (Å²) in [4.78, 5) is 61.4. The maximum absolute atomic E-state index is 13.1. The van der Waals surface area contributed by atoms with E-state index in [1.165, 1.54) is 18.2 Å². The Balaban J connectivity index is 1.54. The molecule has 0 saturated carbocycles. The van der Waals surface area contributed by atoms with Crippen molar-refractivity contribution in [2.45, 2.75) is 6.92 Å². The fourth-order valence-corrected chi connectivity index (χ4v) is 3.57.